The van der Waals surface area contributed by atoms with Crippen LogP contribution in [0.5, 0.6) is 0 Å². The van der Waals surface area contributed by atoms with Gasteiger partial charge in [-0.2, -0.15) is 4.98 Å². The summed E-state index contributed by atoms with van der Waals surface area (Å²) in [5.74, 6) is 1.18. The predicted octanol–water partition coefficient (Wildman–Crippen LogP) is 1.32. The van der Waals surface area contributed by atoms with Crippen molar-refractivity contribution in [3.8, 4) is 11.5 Å². The van der Waals surface area contributed by atoms with E-state index in [1.54, 1.807) is 0 Å². The Bertz CT molecular complexity index is 573. The van der Waals surface area contributed by atoms with Crippen molar-refractivity contribution in [1.82, 2.24) is 15.0 Å². The summed E-state index contributed by atoms with van der Waals surface area (Å²) in [5.41, 5.74) is 0.916. The summed E-state index contributed by atoms with van der Waals surface area (Å²) < 4.78 is 10.8. The van der Waals surface area contributed by atoms with Gasteiger partial charge < -0.3 is 14.4 Å². The number of benzene rings is 1. The van der Waals surface area contributed by atoms with Crippen molar-refractivity contribution in [2.24, 2.45) is 0 Å². The first-order valence-corrected chi connectivity index (χ1v) is 7.11. The second-order valence-electron chi connectivity index (χ2n) is 5.30. The van der Waals surface area contributed by atoms with Gasteiger partial charge in [-0.1, -0.05) is 23.4 Å². The van der Waals surface area contributed by atoms with Crippen molar-refractivity contribution in [3.05, 3.63) is 36.2 Å². The quantitative estimate of drug-likeness (QED) is 0.915. The molecule has 0 radical (unpaired) electrons. The van der Waals surface area contributed by atoms with Gasteiger partial charge in [0.15, 0.2) is 5.82 Å². The molecule has 1 fully saturated rings. The number of morpholine rings is 1. The third-order valence-electron chi connectivity index (χ3n) is 3.67. The van der Waals surface area contributed by atoms with Crippen LogP contribution in [0.15, 0.2) is 34.9 Å². The average Bonchev–Trinajstić information content (AvgIpc) is 2.99. The lowest BCUT2D eigenvalue weighted by molar-refractivity contribution is -0.0813. The largest absolute Gasteiger partial charge is 0.394 e. The van der Waals surface area contributed by atoms with Crippen molar-refractivity contribution in [2.75, 3.05) is 19.8 Å². The van der Waals surface area contributed by atoms with Gasteiger partial charge in [-0.3, -0.25) is 4.90 Å². The molecule has 1 aromatic heterocycles. The molecule has 0 amide bonds. The number of rotatable bonds is 4. The molecule has 0 saturated carbocycles. The Balaban J connectivity index is 1.69. The van der Waals surface area contributed by atoms with E-state index in [-0.39, 0.29) is 18.8 Å². The van der Waals surface area contributed by atoms with Crippen LogP contribution in [0, 0.1) is 0 Å². The van der Waals surface area contributed by atoms with E-state index in [1.807, 2.05) is 30.3 Å². The first kappa shape index (κ1) is 14.2. The van der Waals surface area contributed by atoms with Crippen LogP contribution in [0.4, 0.5) is 0 Å². The molecule has 21 heavy (non-hydrogen) atoms. The fourth-order valence-electron chi connectivity index (χ4n) is 2.40. The molecule has 1 saturated heterocycles. The number of aromatic nitrogens is 2. The zero-order chi connectivity index (χ0) is 14.7. The van der Waals surface area contributed by atoms with Crippen molar-refractivity contribution in [2.45, 2.75) is 25.6 Å². The first-order valence-electron chi connectivity index (χ1n) is 7.11. The van der Waals surface area contributed by atoms with Crippen LogP contribution in [0.1, 0.15) is 12.7 Å². The second kappa shape index (κ2) is 6.34. The molecule has 1 N–H and O–H groups in total. The predicted molar refractivity (Wildman–Crippen MR) is 76.4 cm³/mol. The van der Waals surface area contributed by atoms with Gasteiger partial charge in [0.2, 0.25) is 0 Å². The monoisotopic (exact) mass is 289 g/mol. The molecule has 1 aliphatic rings. The van der Waals surface area contributed by atoms with Crippen LogP contribution in [-0.2, 0) is 11.3 Å². The van der Waals surface area contributed by atoms with E-state index in [2.05, 4.69) is 22.0 Å². The zero-order valence-electron chi connectivity index (χ0n) is 12.0. The summed E-state index contributed by atoms with van der Waals surface area (Å²) in [6, 6.07) is 9.98. The lowest BCUT2D eigenvalue weighted by Gasteiger charge is -2.36. The lowest BCUT2D eigenvalue weighted by Crippen LogP contribution is -2.49. The molecular weight excluding hydrogens is 270 g/mol. The Morgan fingerprint density at radius 1 is 1.33 bits per heavy atom. The van der Waals surface area contributed by atoms with Crippen LogP contribution in [-0.4, -0.2) is 52.1 Å². The van der Waals surface area contributed by atoms with Crippen LogP contribution in [0.3, 0.4) is 0 Å². The Kier molecular flexibility index (Phi) is 4.28. The van der Waals surface area contributed by atoms with Crippen molar-refractivity contribution in [3.63, 3.8) is 0 Å². The van der Waals surface area contributed by atoms with Crippen molar-refractivity contribution >= 4 is 0 Å². The minimum atomic E-state index is -0.137. The highest BCUT2D eigenvalue weighted by Gasteiger charge is 2.26. The van der Waals surface area contributed by atoms with Gasteiger partial charge in [-0.15, -0.1) is 0 Å². The van der Waals surface area contributed by atoms with Gasteiger partial charge in [-0.05, 0) is 19.1 Å². The first-order chi connectivity index (χ1) is 10.3. The lowest BCUT2D eigenvalue weighted by atomic mass is 10.2. The fourth-order valence-corrected chi connectivity index (χ4v) is 2.40. The molecule has 3 rings (SSSR count). The van der Waals surface area contributed by atoms with E-state index in [0.29, 0.717) is 31.4 Å². The van der Waals surface area contributed by atoms with Crippen LogP contribution >= 0.6 is 0 Å². The topological polar surface area (TPSA) is 71.6 Å². The van der Waals surface area contributed by atoms with Gasteiger partial charge in [0.1, 0.15) is 0 Å². The van der Waals surface area contributed by atoms with E-state index in [0.717, 1.165) is 5.56 Å². The van der Waals surface area contributed by atoms with Crippen LogP contribution < -0.4 is 0 Å². The Morgan fingerprint density at radius 3 is 2.90 bits per heavy atom. The second-order valence-corrected chi connectivity index (χ2v) is 5.30. The number of hydrogen-bond acceptors (Lipinski definition) is 6. The summed E-state index contributed by atoms with van der Waals surface area (Å²) in [4.78, 5) is 6.64. The maximum Gasteiger partial charge on any atom is 0.257 e. The number of aliphatic hydroxyl groups excluding tert-OH is 1. The van der Waals surface area contributed by atoms with Gasteiger partial charge in [0.25, 0.3) is 5.89 Å². The van der Waals surface area contributed by atoms with E-state index in [4.69, 9.17) is 9.26 Å². The Labute approximate surface area is 123 Å². The van der Waals surface area contributed by atoms with Crippen molar-refractivity contribution in [1.29, 1.82) is 0 Å². The Morgan fingerprint density at radius 2 is 2.14 bits per heavy atom. The normalized spacial score (nSPS) is 23.3. The summed E-state index contributed by atoms with van der Waals surface area (Å²) in [7, 11) is 0. The van der Waals surface area contributed by atoms with Gasteiger partial charge >= 0.3 is 0 Å². The maximum atomic E-state index is 9.21. The molecule has 2 unspecified atom stereocenters. The molecule has 6 heteroatoms. The molecule has 0 spiro atoms. The highest BCUT2D eigenvalue weighted by atomic mass is 16.5. The standard InChI is InChI=1S/C15H19N3O3/c1-11-10-20-13(9-19)7-18(11)8-14-16-15(21-17-14)12-5-3-2-4-6-12/h2-6,11,13,19H,7-10H2,1H3. The zero-order valence-corrected chi connectivity index (χ0v) is 12.0. The van der Waals surface area contributed by atoms with Gasteiger partial charge in [0.05, 0.1) is 25.9 Å². The number of nitrogens with zero attached hydrogens (tertiary/aromatic N) is 3. The van der Waals surface area contributed by atoms with Gasteiger partial charge in [0, 0.05) is 18.2 Å². The molecule has 1 aliphatic heterocycles. The van der Waals surface area contributed by atoms with Crippen LogP contribution in [0.25, 0.3) is 11.5 Å². The van der Waals surface area contributed by atoms with Crippen molar-refractivity contribution < 1.29 is 14.4 Å². The third-order valence-corrected chi connectivity index (χ3v) is 3.67. The minimum Gasteiger partial charge on any atom is -0.394 e. The molecule has 112 valence electrons. The molecule has 6 nitrogen and oxygen atoms in total. The molecule has 0 aliphatic carbocycles. The average molecular weight is 289 g/mol. The third kappa shape index (κ3) is 3.29. The molecular formula is C15H19N3O3. The highest BCUT2D eigenvalue weighted by molar-refractivity contribution is 5.51. The Hall–Kier alpha value is -1.76. The van der Waals surface area contributed by atoms with E-state index < -0.39 is 0 Å². The molecule has 0 bridgehead atoms. The summed E-state index contributed by atoms with van der Waals surface area (Å²) in [5, 5.41) is 13.3. The molecule has 2 atom stereocenters. The van der Waals surface area contributed by atoms with Gasteiger partial charge in [-0.25, -0.2) is 0 Å². The van der Waals surface area contributed by atoms with E-state index in [1.165, 1.54) is 0 Å². The summed E-state index contributed by atoms with van der Waals surface area (Å²) >= 11 is 0. The van der Waals surface area contributed by atoms with Crippen LogP contribution in [0.2, 0.25) is 0 Å². The molecule has 1 aromatic carbocycles. The number of hydrogen-bond donors (Lipinski definition) is 1. The number of aliphatic hydroxyl groups is 1. The molecule has 2 heterocycles. The maximum absolute atomic E-state index is 9.21. The van der Waals surface area contributed by atoms with E-state index >= 15 is 0 Å². The highest BCUT2D eigenvalue weighted by Crippen LogP contribution is 2.18. The summed E-state index contributed by atoms with van der Waals surface area (Å²) in [6.45, 7) is 4.00. The minimum absolute atomic E-state index is 0.0325. The fraction of sp³-hybridized carbons (Fsp3) is 0.467. The summed E-state index contributed by atoms with van der Waals surface area (Å²) in [6.07, 6.45) is -0.137. The van der Waals surface area contributed by atoms with E-state index in [9.17, 15) is 5.11 Å². The smallest absolute Gasteiger partial charge is 0.257 e. The molecule has 2 aromatic rings. The number of ether oxygens (including phenoxy) is 1. The SMILES string of the molecule is CC1COC(CO)CN1Cc1noc(-c2ccccc2)n1.